The Labute approximate surface area is 151 Å². The molecule has 0 fully saturated rings. The van der Waals surface area contributed by atoms with E-state index in [-0.39, 0.29) is 12.2 Å². The first-order valence-corrected chi connectivity index (χ1v) is 8.64. The maximum absolute atomic E-state index is 12.8. The maximum Gasteiger partial charge on any atom is 0.221 e. The van der Waals surface area contributed by atoms with Gasteiger partial charge in [-0.2, -0.15) is 0 Å². The Morgan fingerprint density at radius 1 is 1.12 bits per heavy atom. The second-order valence-corrected chi connectivity index (χ2v) is 6.66. The van der Waals surface area contributed by atoms with Crippen molar-refractivity contribution in [3.63, 3.8) is 0 Å². The third kappa shape index (κ3) is 2.92. The van der Waals surface area contributed by atoms with Gasteiger partial charge >= 0.3 is 0 Å². The van der Waals surface area contributed by atoms with Crippen molar-refractivity contribution in [1.29, 1.82) is 0 Å². The normalized spacial score (nSPS) is 16.3. The summed E-state index contributed by atoms with van der Waals surface area (Å²) in [5.74, 6) is -0.880. The molecule has 26 heavy (non-hydrogen) atoms. The topological polar surface area (TPSA) is 88.8 Å². The molecule has 1 atom stereocenters. The largest absolute Gasteiger partial charge is 0.369 e. The summed E-state index contributed by atoms with van der Waals surface area (Å²) in [5, 5.41) is 0. The molecule has 0 saturated heterocycles. The van der Waals surface area contributed by atoms with Crippen LogP contribution in [0.4, 0.5) is 0 Å². The third-order valence-corrected chi connectivity index (χ3v) is 4.94. The highest BCUT2D eigenvalue weighted by Gasteiger charge is 2.33. The van der Waals surface area contributed by atoms with Crippen molar-refractivity contribution in [2.24, 2.45) is 11.7 Å². The summed E-state index contributed by atoms with van der Waals surface area (Å²) in [6.45, 7) is 0. The number of hydrogen-bond acceptors (Lipinski definition) is 3. The second-order valence-electron chi connectivity index (χ2n) is 6.66. The van der Waals surface area contributed by atoms with Crippen LogP contribution in [0.3, 0.4) is 0 Å². The molecule has 0 spiro atoms. The molecule has 0 saturated carbocycles. The van der Waals surface area contributed by atoms with Crippen molar-refractivity contribution >= 4 is 11.7 Å². The zero-order valence-electron chi connectivity index (χ0n) is 14.2. The lowest BCUT2D eigenvalue weighted by Crippen LogP contribution is -2.31. The zero-order chi connectivity index (χ0) is 18.1. The summed E-state index contributed by atoms with van der Waals surface area (Å²) < 4.78 is 0. The van der Waals surface area contributed by atoms with Crippen molar-refractivity contribution in [3.05, 3.63) is 77.2 Å². The van der Waals surface area contributed by atoms with Gasteiger partial charge in [-0.05, 0) is 23.3 Å². The number of carbonyl (C=O) groups excluding carboxylic acids is 2. The fourth-order valence-electron chi connectivity index (χ4n) is 3.67. The summed E-state index contributed by atoms with van der Waals surface area (Å²) >= 11 is 0. The van der Waals surface area contributed by atoms with Gasteiger partial charge in [0, 0.05) is 48.5 Å². The van der Waals surface area contributed by atoms with Crippen LogP contribution in [0, 0.1) is 5.92 Å². The number of ketones is 1. The lowest BCUT2D eigenvalue weighted by atomic mass is 9.83. The molecular weight excluding hydrogens is 326 g/mol. The van der Waals surface area contributed by atoms with Gasteiger partial charge in [-0.15, -0.1) is 0 Å². The number of nitrogens with zero attached hydrogens (tertiary/aromatic N) is 1. The summed E-state index contributed by atoms with van der Waals surface area (Å²) in [4.78, 5) is 31.9. The van der Waals surface area contributed by atoms with E-state index in [1.165, 1.54) is 0 Å². The van der Waals surface area contributed by atoms with Crippen LogP contribution in [0.5, 0.6) is 0 Å². The van der Waals surface area contributed by atoms with E-state index < -0.39 is 11.8 Å². The number of pyridine rings is 1. The smallest absolute Gasteiger partial charge is 0.221 e. The van der Waals surface area contributed by atoms with E-state index in [2.05, 4.69) is 22.1 Å². The molecule has 2 aromatic heterocycles. The van der Waals surface area contributed by atoms with Gasteiger partial charge < -0.3 is 10.7 Å². The fraction of sp³-hybridized carbons (Fsp3) is 0.190. The van der Waals surface area contributed by atoms with E-state index in [0.29, 0.717) is 12.8 Å². The van der Waals surface area contributed by atoms with E-state index in [9.17, 15) is 9.59 Å². The van der Waals surface area contributed by atoms with Gasteiger partial charge in [0.05, 0.1) is 11.6 Å². The maximum atomic E-state index is 12.8. The molecule has 1 aliphatic carbocycles. The van der Waals surface area contributed by atoms with E-state index in [1.807, 2.05) is 30.3 Å². The number of Topliss-reactive ketones (excluding diaryl/α,β-unsaturated/α-hetero) is 1. The van der Waals surface area contributed by atoms with Gasteiger partial charge in [0.25, 0.3) is 0 Å². The van der Waals surface area contributed by atoms with Crippen LogP contribution in [-0.4, -0.2) is 21.7 Å². The number of aromatic amines is 1. The van der Waals surface area contributed by atoms with Crippen molar-refractivity contribution < 1.29 is 9.59 Å². The van der Waals surface area contributed by atoms with Crippen LogP contribution in [0.1, 0.15) is 33.6 Å². The number of aromatic nitrogens is 2. The van der Waals surface area contributed by atoms with Crippen molar-refractivity contribution in [1.82, 2.24) is 9.97 Å². The Balaban J connectivity index is 1.85. The van der Waals surface area contributed by atoms with Crippen LogP contribution in [0.25, 0.3) is 11.3 Å². The number of hydrogen-bond donors (Lipinski definition) is 2. The Morgan fingerprint density at radius 3 is 2.54 bits per heavy atom. The number of carbonyl (C=O) groups is 2. The van der Waals surface area contributed by atoms with Crippen LogP contribution in [0.2, 0.25) is 0 Å². The molecule has 130 valence electrons. The molecule has 3 N–H and O–H groups in total. The van der Waals surface area contributed by atoms with Crippen LogP contribution < -0.4 is 5.73 Å². The molecule has 4 rings (SSSR count). The summed E-state index contributed by atoms with van der Waals surface area (Å²) in [6.07, 6.45) is 4.77. The Hall–Kier alpha value is -3.21. The van der Waals surface area contributed by atoms with Gasteiger partial charge in [0.15, 0.2) is 5.78 Å². The van der Waals surface area contributed by atoms with Crippen LogP contribution in [-0.2, 0) is 17.6 Å². The van der Waals surface area contributed by atoms with Gasteiger partial charge in [-0.25, -0.2) is 0 Å². The van der Waals surface area contributed by atoms with E-state index in [0.717, 1.165) is 33.6 Å². The minimum Gasteiger partial charge on any atom is -0.369 e. The Morgan fingerprint density at radius 2 is 1.85 bits per heavy atom. The Bertz CT molecular complexity index is 962. The molecule has 1 amide bonds. The molecule has 5 nitrogen and oxygen atoms in total. The van der Waals surface area contributed by atoms with Gasteiger partial charge in [-0.1, -0.05) is 30.3 Å². The lowest BCUT2D eigenvalue weighted by Gasteiger charge is -2.19. The predicted octanol–water partition coefficient (Wildman–Crippen LogP) is 2.90. The number of nitrogens with two attached hydrogens (primary N) is 1. The number of H-pyrrole nitrogens is 1. The average Bonchev–Trinajstić information content (AvgIpc) is 3.02. The predicted molar refractivity (Wildman–Crippen MR) is 98.6 cm³/mol. The minimum atomic E-state index is -0.441. The first-order chi connectivity index (χ1) is 12.6. The summed E-state index contributed by atoms with van der Waals surface area (Å²) in [5.41, 5.74) is 11.0. The first-order valence-electron chi connectivity index (χ1n) is 8.64. The standard InChI is InChI=1S/C21H19N3O2/c22-21(26)15-11-17-19(18(25)12-15)16(10-13-4-2-1-3-5-13)20(24-17)14-6-8-23-9-7-14/h1-9,15,24H,10-12H2,(H2,22,26). The molecule has 0 aliphatic heterocycles. The summed E-state index contributed by atoms with van der Waals surface area (Å²) in [7, 11) is 0. The van der Waals surface area contributed by atoms with Crippen LogP contribution in [0.15, 0.2) is 54.9 Å². The average molecular weight is 345 g/mol. The van der Waals surface area contributed by atoms with Gasteiger partial charge in [-0.3, -0.25) is 14.6 Å². The highest BCUT2D eigenvalue weighted by Crippen LogP contribution is 2.35. The highest BCUT2D eigenvalue weighted by molar-refractivity contribution is 6.04. The third-order valence-electron chi connectivity index (χ3n) is 4.94. The number of rotatable bonds is 4. The first kappa shape index (κ1) is 16.3. The lowest BCUT2D eigenvalue weighted by molar-refractivity contribution is -0.121. The second kappa shape index (κ2) is 6.59. The molecule has 2 heterocycles. The SMILES string of the molecule is NC(=O)C1CC(=O)c2c([nH]c(-c3ccncc3)c2Cc2ccccc2)C1. The number of benzene rings is 1. The highest BCUT2D eigenvalue weighted by atomic mass is 16.1. The van der Waals surface area contributed by atoms with Gasteiger partial charge in [0.1, 0.15) is 0 Å². The van der Waals surface area contributed by atoms with Crippen LogP contribution >= 0.6 is 0 Å². The molecule has 1 unspecified atom stereocenters. The zero-order valence-corrected chi connectivity index (χ0v) is 14.2. The number of primary amides is 1. The molecule has 1 aliphatic rings. The number of fused-ring (bicyclic) bond motifs is 1. The molecule has 0 radical (unpaired) electrons. The van der Waals surface area contributed by atoms with E-state index >= 15 is 0 Å². The van der Waals surface area contributed by atoms with Crippen molar-refractivity contribution in [3.8, 4) is 11.3 Å². The van der Waals surface area contributed by atoms with E-state index in [4.69, 9.17) is 5.73 Å². The van der Waals surface area contributed by atoms with E-state index in [1.54, 1.807) is 12.4 Å². The molecule has 5 heteroatoms. The molecule has 0 bridgehead atoms. The molecule has 1 aromatic carbocycles. The molecular formula is C21H19N3O2. The quantitative estimate of drug-likeness (QED) is 0.762. The van der Waals surface area contributed by atoms with Crippen molar-refractivity contribution in [2.75, 3.05) is 0 Å². The molecule has 3 aromatic rings. The monoisotopic (exact) mass is 345 g/mol. The summed E-state index contributed by atoms with van der Waals surface area (Å²) in [6, 6.07) is 13.9. The fourth-order valence-corrected chi connectivity index (χ4v) is 3.67. The van der Waals surface area contributed by atoms with Crippen molar-refractivity contribution in [2.45, 2.75) is 19.3 Å². The number of amides is 1. The minimum absolute atomic E-state index is 0.0162. The number of nitrogens with one attached hydrogen (secondary N) is 1. The Kier molecular flexibility index (Phi) is 4.13. The van der Waals surface area contributed by atoms with Gasteiger partial charge in [0.2, 0.25) is 5.91 Å².